The van der Waals surface area contributed by atoms with E-state index in [9.17, 15) is 14.7 Å². The molecule has 1 saturated carbocycles. The summed E-state index contributed by atoms with van der Waals surface area (Å²) in [5, 5.41) is 12.4. The Bertz CT molecular complexity index is 1150. The third-order valence-corrected chi connectivity index (χ3v) is 9.15. The van der Waals surface area contributed by atoms with Crippen molar-refractivity contribution >= 4 is 23.6 Å². The lowest BCUT2D eigenvalue weighted by Crippen LogP contribution is -2.41. The van der Waals surface area contributed by atoms with Gasteiger partial charge in [0.15, 0.2) is 0 Å². The lowest BCUT2D eigenvalue weighted by molar-refractivity contribution is -0.139. The van der Waals surface area contributed by atoms with E-state index in [0.717, 1.165) is 48.4 Å². The van der Waals surface area contributed by atoms with Gasteiger partial charge in [0.2, 0.25) is 0 Å². The van der Waals surface area contributed by atoms with Crippen LogP contribution in [0.15, 0.2) is 42.5 Å². The maximum Gasteiger partial charge on any atom is 0.326 e. The number of thioether (sulfide) groups is 1. The third kappa shape index (κ3) is 8.80. The summed E-state index contributed by atoms with van der Waals surface area (Å²) in [4.78, 5) is 27.7. The van der Waals surface area contributed by atoms with Gasteiger partial charge in [-0.15, -0.1) is 0 Å². The molecule has 0 spiro atoms. The fourth-order valence-electron chi connectivity index (χ4n) is 6.19. The summed E-state index contributed by atoms with van der Waals surface area (Å²) >= 11 is 1.57. The van der Waals surface area contributed by atoms with Crippen LogP contribution < -0.4 is 5.32 Å². The van der Waals surface area contributed by atoms with Gasteiger partial charge in [0.05, 0.1) is 12.7 Å². The zero-order valence-corrected chi connectivity index (χ0v) is 25.6. The van der Waals surface area contributed by atoms with Gasteiger partial charge < -0.3 is 19.9 Å². The standard InChI is InChI=1S/C33H46N2O5S/c1-23-9-7-8-12-28(23)30-17-25(13-14-29(30)32(36)34-31(33(37)38)15-16-41-3)19-35-20-27(18-26(35)22-39-2)40-21-24-10-5-4-6-11-24/h7-9,12-14,17,24,26-27,31H,4-6,10-11,15-16,18-22H2,1-3H3,(H,34,36)(H,37,38)/t26-,27-,31+/m1/s1. The first-order chi connectivity index (χ1) is 19.9. The molecule has 2 aromatic rings. The van der Waals surface area contributed by atoms with Crippen molar-refractivity contribution in [2.75, 3.05) is 38.9 Å². The van der Waals surface area contributed by atoms with Crippen molar-refractivity contribution in [3.63, 3.8) is 0 Å². The van der Waals surface area contributed by atoms with Crippen molar-refractivity contribution in [3.8, 4) is 11.1 Å². The highest BCUT2D eigenvalue weighted by molar-refractivity contribution is 7.98. The maximum absolute atomic E-state index is 13.4. The van der Waals surface area contributed by atoms with Crippen LogP contribution in [0, 0.1) is 12.8 Å². The van der Waals surface area contributed by atoms with Crippen molar-refractivity contribution < 1.29 is 24.2 Å². The number of likely N-dealkylation sites (tertiary alicyclic amines) is 1. The number of ether oxygens (including phenoxy) is 2. The molecule has 4 rings (SSSR count). The van der Waals surface area contributed by atoms with Gasteiger partial charge in [0.1, 0.15) is 6.04 Å². The number of methoxy groups -OCH3 is 1. The Labute approximate surface area is 249 Å². The van der Waals surface area contributed by atoms with E-state index in [1.54, 1.807) is 18.9 Å². The number of aryl methyl sites for hydroxylation is 1. The second-order valence-corrected chi connectivity index (χ2v) is 12.6. The summed E-state index contributed by atoms with van der Waals surface area (Å²) in [6, 6.07) is 13.3. The van der Waals surface area contributed by atoms with Crippen LogP contribution in [0.5, 0.6) is 0 Å². The van der Waals surface area contributed by atoms with Crippen LogP contribution in [0.2, 0.25) is 0 Å². The molecular weight excluding hydrogens is 536 g/mol. The Balaban J connectivity index is 1.53. The van der Waals surface area contributed by atoms with Crippen LogP contribution in [0.4, 0.5) is 0 Å². The maximum atomic E-state index is 13.4. The number of carbonyl (C=O) groups excluding carboxylic acids is 1. The van der Waals surface area contributed by atoms with Crippen molar-refractivity contribution in [2.24, 2.45) is 5.92 Å². The molecule has 0 bridgehead atoms. The molecule has 1 saturated heterocycles. The molecule has 2 aromatic carbocycles. The van der Waals surface area contributed by atoms with Crippen molar-refractivity contribution in [1.82, 2.24) is 10.2 Å². The topological polar surface area (TPSA) is 88.1 Å². The van der Waals surface area contributed by atoms with Gasteiger partial charge in [0.25, 0.3) is 5.91 Å². The number of carboxylic acid groups (broad SMARTS) is 1. The number of benzene rings is 2. The van der Waals surface area contributed by atoms with E-state index in [1.165, 1.54) is 32.1 Å². The molecule has 1 amide bonds. The molecule has 2 aliphatic rings. The highest BCUT2D eigenvalue weighted by atomic mass is 32.2. The van der Waals surface area contributed by atoms with E-state index in [4.69, 9.17) is 9.47 Å². The van der Waals surface area contributed by atoms with E-state index < -0.39 is 12.0 Å². The largest absolute Gasteiger partial charge is 0.480 e. The first-order valence-corrected chi connectivity index (χ1v) is 16.3. The SMILES string of the molecule is COC[C@H]1C[C@@H](OCC2CCCCC2)CN1Cc1ccc(C(=O)N[C@@H](CCSC)C(=O)O)c(-c2ccccc2C)c1. The van der Waals surface area contributed by atoms with E-state index in [0.29, 0.717) is 30.3 Å². The molecule has 1 heterocycles. The zero-order chi connectivity index (χ0) is 29.2. The summed E-state index contributed by atoms with van der Waals surface area (Å²) in [5.74, 6) is -0.0293. The number of nitrogens with one attached hydrogen (secondary N) is 1. The van der Waals surface area contributed by atoms with Crippen LogP contribution in [-0.2, 0) is 20.8 Å². The first kappa shape index (κ1) is 31.5. The van der Waals surface area contributed by atoms with Crippen molar-refractivity contribution in [1.29, 1.82) is 0 Å². The molecule has 8 heteroatoms. The summed E-state index contributed by atoms with van der Waals surface area (Å²) < 4.78 is 12.0. The number of rotatable bonds is 14. The van der Waals surface area contributed by atoms with Crippen LogP contribution in [0.25, 0.3) is 11.1 Å². The number of nitrogens with zero attached hydrogens (tertiary/aromatic N) is 1. The van der Waals surface area contributed by atoms with Crippen molar-refractivity contribution in [2.45, 2.75) is 76.6 Å². The molecule has 0 radical (unpaired) electrons. The molecule has 41 heavy (non-hydrogen) atoms. The fraction of sp³-hybridized carbons (Fsp3) is 0.576. The molecule has 0 unspecified atom stereocenters. The average Bonchev–Trinajstić information content (AvgIpc) is 3.35. The van der Waals surface area contributed by atoms with E-state index >= 15 is 0 Å². The minimum Gasteiger partial charge on any atom is -0.480 e. The fourth-order valence-corrected chi connectivity index (χ4v) is 6.66. The average molecular weight is 583 g/mol. The Morgan fingerprint density at radius 2 is 1.88 bits per heavy atom. The molecule has 2 fully saturated rings. The molecular formula is C33H46N2O5S. The normalized spacial score (nSPS) is 20.7. The predicted molar refractivity (Wildman–Crippen MR) is 166 cm³/mol. The molecule has 0 aromatic heterocycles. The van der Waals surface area contributed by atoms with Crippen molar-refractivity contribution in [3.05, 3.63) is 59.2 Å². The number of carbonyl (C=O) groups is 2. The highest BCUT2D eigenvalue weighted by Gasteiger charge is 2.33. The molecule has 224 valence electrons. The third-order valence-electron chi connectivity index (χ3n) is 8.50. The summed E-state index contributed by atoms with van der Waals surface area (Å²) in [5.41, 5.74) is 4.44. The molecule has 2 N–H and O–H groups in total. The van der Waals surface area contributed by atoms with E-state index in [-0.39, 0.29) is 18.1 Å². The zero-order valence-electron chi connectivity index (χ0n) is 24.8. The number of aliphatic carboxylic acids is 1. The minimum absolute atomic E-state index is 0.201. The predicted octanol–water partition coefficient (Wildman–Crippen LogP) is 5.78. The van der Waals surface area contributed by atoms with Gasteiger partial charge in [-0.2, -0.15) is 11.8 Å². The van der Waals surface area contributed by atoms with E-state index in [1.807, 2.05) is 49.6 Å². The first-order valence-electron chi connectivity index (χ1n) is 15.0. The minimum atomic E-state index is -1.01. The van der Waals surface area contributed by atoms with Crippen LogP contribution in [0.1, 0.15) is 66.4 Å². The summed E-state index contributed by atoms with van der Waals surface area (Å²) in [7, 11) is 1.75. The Kier molecular flexibility index (Phi) is 12.1. The Hall–Kier alpha value is -2.39. The second-order valence-electron chi connectivity index (χ2n) is 11.6. The quantitative estimate of drug-likeness (QED) is 0.292. The van der Waals surface area contributed by atoms with Gasteiger partial charge in [-0.3, -0.25) is 9.69 Å². The van der Waals surface area contributed by atoms with Gasteiger partial charge in [-0.25, -0.2) is 4.79 Å². The van der Waals surface area contributed by atoms with Crippen LogP contribution >= 0.6 is 11.8 Å². The Morgan fingerprint density at radius 1 is 1.10 bits per heavy atom. The number of hydrogen-bond donors (Lipinski definition) is 2. The van der Waals surface area contributed by atoms with Gasteiger partial charge in [-0.05, 0) is 84.9 Å². The molecule has 1 aliphatic carbocycles. The molecule has 7 nitrogen and oxygen atoms in total. The van der Waals surface area contributed by atoms with Gasteiger partial charge in [0, 0.05) is 38.4 Å². The highest BCUT2D eigenvalue weighted by Crippen LogP contribution is 2.31. The number of amides is 1. The molecule has 3 atom stereocenters. The lowest BCUT2D eigenvalue weighted by Gasteiger charge is -2.25. The monoisotopic (exact) mass is 582 g/mol. The lowest BCUT2D eigenvalue weighted by atomic mass is 9.90. The van der Waals surface area contributed by atoms with Crippen LogP contribution in [0.3, 0.4) is 0 Å². The summed E-state index contributed by atoms with van der Waals surface area (Å²) in [6.07, 6.45) is 10.0. The molecule has 1 aliphatic heterocycles. The number of carboxylic acids is 1. The van der Waals surface area contributed by atoms with Gasteiger partial charge in [-0.1, -0.05) is 49.6 Å². The van der Waals surface area contributed by atoms with Gasteiger partial charge >= 0.3 is 5.97 Å². The smallest absolute Gasteiger partial charge is 0.326 e. The number of hydrogen-bond acceptors (Lipinski definition) is 6. The summed E-state index contributed by atoms with van der Waals surface area (Å²) in [6.45, 7) is 5.13. The van der Waals surface area contributed by atoms with E-state index in [2.05, 4.69) is 16.3 Å². The Morgan fingerprint density at radius 3 is 2.59 bits per heavy atom. The second kappa shape index (κ2) is 15.7. The van der Waals surface area contributed by atoms with Crippen LogP contribution in [-0.4, -0.2) is 78.9 Å².